The van der Waals surface area contributed by atoms with Gasteiger partial charge in [0.2, 0.25) is 0 Å². The predicted molar refractivity (Wildman–Crippen MR) is 114 cm³/mol. The van der Waals surface area contributed by atoms with Crippen molar-refractivity contribution in [2.75, 3.05) is 5.32 Å². The molecule has 5 heteroatoms. The summed E-state index contributed by atoms with van der Waals surface area (Å²) in [4.78, 5) is 35.4. The predicted octanol–water partition coefficient (Wildman–Crippen LogP) is 4.52. The fraction of sp³-hybridized carbons (Fsp3) is 0.333. The van der Waals surface area contributed by atoms with E-state index >= 15 is 0 Å². The van der Waals surface area contributed by atoms with Crippen molar-refractivity contribution in [2.45, 2.75) is 46.0 Å². The van der Waals surface area contributed by atoms with Gasteiger partial charge in [-0.1, -0.05) is 30.3 Å². The van der Waals surface area contributed by atoms with E-state index in [0.717, 1.165) is 35.4 Å². The Morgan fingerprint density at radius 2 is 1.79 bits per heavy atom. The van der Waals surface area contributed by atoms with E-state index in [1.807, 2.05) is 57.2 Å². The number of nitrogens with one attached hydrogen (secondary N) is 1. The minimum Gasteiger partial charge on any atom is -0.307 e. The number of ketones is 1. The van der Waals surface area contributed by atoms with E-state index < -0.39 is 0 Å². The average molecular weight is 387 g/mol. The fourth-order valence-corrected chi connectivity index (χ4v) is 4.48. The Labute approximate surface area is 171 Å². The molecule has 1 unspecified atom stereocenters. The van der Waals surface area contributed by atoms with Gasteiger partial charge in [0.05, 0.1) is 5.92 Å². The molecule has 1 aromatic heterocycles. The number of pyridine rings is 1. The number of aryl methyl sites for hydroxylation is 2. The van der Waals surface area contributed by atoms with E-state index in [0.29, 0.717) is 23.5 Å². The molecule has 29 heavy (non-hydrogen) atoms. The molecule has 2 atom stereocenters. The first-order valence-electron chi connectivity index (χ1n) is 10.1. The average Bonchev–Trinajstić information content (AvgIpc) is 2.67. The van der Waals surface area contributed by atoms with Crippen molar-refractivity contribution in [2.24, 2.45) is 10.9 Å². The van der Waals surface area contributed by atoms with Crippen molar-refractivity contribution in [3.8, 4) is 0 Å². The van der Waals surface area contributed by atoms with Gasteiger partial charge in [-0.15, -0.1) is 0 Å². The molecular weight excluding hydrogens is 362 g/mol. The number of benzene rings is 1. The summed E-state index contributed by atoms with van der Waals surface area (Å²) in [6.45, 7) is 5.78. The van der Waals surface area contributed by atoms with Gasteiger partial charge in [-0.3, -0.25) is 14.6 Å². The summed E-state index contributed by atoms with van der Waals surface area (Å²) < 4.78 is 0. The molecule has 5 nitrogen and oxygen atoms in total. The van der Waals surface area contributed by atoms with E-state index in [1.165, 1.54) is 0 Å². The summed E-state index contributed by atoms with van der Waals surface area (Å²) in [5.74, 6) is -0.241. The number of carbonyl (C=O) groups excluding carboxylic acids is 2. The maximum atomic E-state index is 13.4. The molecule has 148 valence electrons. The van der Waals surface area contributed by atoms with Crippen LogP contribution < -0.4 is 5.32 Å². The van der Waals surface area contributed by atoms with Gasteiger partial charge in [0.1, 0.15) is 11.6 Å². The third-order valence-electron chi connectivity index (χ3n) is 5.81. The lowest BCUT2D eigenvalue weighted by atomic mass is 9.68. The molecule has 1 aliphatic carbocycles. The lowest BCUT2D eigenvalue weighted by Gasteiger charge is -2.36. The van der Waals surface area contributed by atoms with Gasteiger partial charge < -0.3 is 5.32 Å². The number of Topliss-reactive ketones (excluding diaryl/α,β-unsaturated/α-hetero) is 1. The summed E-state index contributed by atoms with van der Waals surface area (Å²) >= 11 is 0. The van der Waals surface area contributed by atoms with E-state index in [1.54, 1.807) is 6.07 Å². The standard InChI is InChI=1S/C24H25N3O2/c1-14-8-4-5-10-17(14)22-21(24(29)27-20-13-6-9-15(2)25-20)16(3)26-18-11-7-12-19(28)23(18)22/h4-6,8-10,13,22-23H,7,11-12H2,1-3H3,(H,25,27,29)/t22-,23?/m1/s1. The summed E-state index contributed by atoms with van der Waals surface area (Å²) in [6, 6.07) is 13.5. The molecule has 1 amide bonds. The van der Waals surface area contributed by atoms with Crippen LogP contribution in [0.15, 0.2) is 58.7 Å². The quantitative estimate of drug-likeness (QED) is 0.842. The fourth-order valence-electron chi connectivity index (χ4n) is 4.48. The van der Waals surface area contributed by atoms with E-state index in [9.17, 15) is 9.59 Å². The van der Waals surface area contributed by atoms with Crippen LogP contribution in [-0.4, -0.2) is 22.4 Å². The van der Waals surface area contributed by atoms with Crippen LogP contribution in [0, 0.1) is 19.8 Å². The van der Waals surface area contributed by atoms with Gasteiger partial charge in [-0.25, -0.2) is 4.98 Å². The summed E-state index contributed by atoms with van der Waals surface area (Å²) in [7, 11) is 0. The molecule has 1 N–H and O–H groups in total. The lowest BCUT2D eigenvalue weighted by Crippen LogP contribution is -2.40. The van der Waals surface area contributed by atoms with Crippen molar-refractivity contribution >= 4 is 23.2 Å². The van der Waals surface area contributed by atoms with E-state index in [2.05, 4.69) is 10.3 Å². The molecule has 1 aromatic carbocycles. The Kier molecular flexibility index (Phi) is 5.14. The number of nitrogens with zero attached hydrogens (tertiary/aromatic N) is 2. The van der Waals surface area contributed by atoms with Crippen molar-refractivity contribution in [3.63, 3.8) is 0 Å². The molecule has 0 saturated heterocycles. The Balaban J connectivity index is 1.81. The molecule has 2 aromatic rings. The number of hydrogen-bond donors (Lipinski definition) is 1. The largest absolute Gasteiger partial charge is 0.307 e. The molecular formula is C24H25N3O2. The zero-order valence-corrected chi connectivity index (χ0v) is 17.0. The second-order valence-corrected chi connectivity index (χ2v) is 7.85. The van der Waals surface area contributed by atoms with Crippen LogP contribution in [0.4, 0.5) is 5.82 Å². The Bertz CT molecular complexity index is 1050. The van der Waals surface area contributed by atoms with Crippen LogP contribution in [0.3, 0.4) is 0 Å². The van der Waals surface area contributed by atoms with Crippen molar-refractivity contribution in [3.05, 3.63) is 70.6 Å². The highest BCUT2D eigenvalue weighted by molar-refractivity contribution is 6.14. The first-order chi connectivity index (χ1) is 14.0. The topological polar surface area (TPSA) is 71.4 Å². The van der Waals surface area contributed by atoms with Crippen molar-refractivity contribution < 1.29 is 9.59 Å². The van der Waals surface area contributed by atoms with Gasteiger partial charge in [0, 0.05) is 35.0 Å². The van der Waals surface area contributed by atoms with Crippen molar-refractivity contribution in [1.29, 1.82) is 0 Å². The van der Waals surface area contributed by atoms with Crippen LogP contribution in [0.2, 0.25) is 0 Å². The van der Waals surface area contributed by atoms with Crippen LogP contribution >= 0.6 is 0 Å². The second-order valence-electron chi connectivity index (χ2n) is 7.85. The maximum Gasteiger partial charge on any atom is 0.255 e. The number of fused-ring (bicyclic) bond motifs is 1. The monoisotopic (exact) mass is 387 g/mol. The maximum absolute atomic E-state index is 13.4. The van der Waals surface area contributed by atoms with Gasteiger partial charge in [0.25, 0.3) is 5.91 Å². The number of aromatic nitrogens is 1. The van der Waals surface area contributed by atoms with Crippen molar-refractivity contribution in [1.82, 2.24) is 4.98 Å². The van der Waals surface area contributed by atoms with Gasteiger partial charge >= 0.3 is 0 Å². The van der Waals surface area contributed by atoms with Crippen LogP contribution in [-0.2, 0) is 9.59 Å². The SMILES string of the molecule is CC1=C(C(=O)Nc2cccc(C)n2)[C@@H](c2ccccc2C)C2C(=O)CCCC2=N1. The molecule has 4 rings (SSSR count). The Hall–Kier alpha value is -3.08. The Morgan fingerprint density at radius 3 is 2.55 bits per heavy atom. The van der Waals surface area contributed by atoms with Crippen LogP contribution in [0.25, 0.3) is 0 Å². The highest BCUT2D eigenvalue weighted by Crippen LogP contribution is 2.43. The number of allylic oxidation sites excluding steroid dienone is 1. The minimum absolute atomic E-state index is 0.176. The molecule has 0 radical (unpaired) electrons. The number of amides is 1. The van der Waals surface area contributed by atoms with Gasteiger partial charge in [-0.05, 0) is 56.9 Å². The minimum atomic E-state index is -0.361. The summed E-state index contributed by atoms with van der Waals surface area (Å²) in [5.41, 5.74) is 5.08. The van der Waals surface area contributed by atoms with Gasteiger partial charge in [0.15, 0.2) is 0 Å². The molecule has 2 aliphatic rings. The number of aliphatic imine (C=N–C) groups is 1. The summed E-state index contributed by atoms with van der Waals surface area (Å²) in [5, 5.41) is 2.92. The van der Waals surface area contributed by atoms with Gasteiger partial charge in [-0.2, -0.15) is 0 Å². The first-order valence-corrected chi connectivity index (χ1v) is 10.1. The van der Waals surface area contributed by atoms with Crippen LogP contribution in [0.5, 0.6) is 0 Å². The number of anilines is 1. The zero-order valence-electron chi connectivity index (χ0n) is 17.0. The van der Waals surface area contributed by atoms with E-state index in [-0.39, 0.29) is 23.5 Å². The van der Waals surface area contributed by atoms with E-state index in [4.69, 9.17) is 4.99 Å². The lowest BCUT2D eigenvalue weighted by molar-refractivity contribution is -0.122. The zero-order chi connectivity index (χ0) is 20.5. The highest BCUT2D eigenvalue weighted by Gasteiger charge is 2.43. The number of rotatable bonds is 3. The number of carbonyl (C=O) groups is 2. The third kappa shape index (κ3) is 3.65. The summed E-state index contributed by atoms with van der Waals surface area (Å²) in [6.07, 6.45) is 2.18. The smallest absolute Gasteiger partial charge is 0.255 e. The number of hydrogen-bond acceptors (Lipinski definition) is 4. The normalized spacial score (nSPS) is 21.5. The molecule has 1 fully saturated rings. The third-order valence-corrected chi connectivity index (χ3v) is 5.81. The highest BCUT2D eigenvalue weighted by atomic mass is 16.2. The van der Waals surface area contributed by atoms with Crippen LogP contribution in [0.1, 0.15) is 48.9 Å². The second kappa shape index (κ2) is 7.74. The molecule has 0 bridgehead atoms. The Morgan fingerprint density at radius 1 is 1.00 bits per heavy atom. The molecule has 1 aliphatic heterocycles. The molecule has 0 spiro atoms. The first kappa shape index (κ1) is 19.2. The molecule has 1 saturated carbocycles. The molecule has 2 heterocycles.